The topological polar surface area (TPSA) is 144 Å². The number of nitrogens with zero attached hydrogens (tertiary/aromatic N) is 3. The van der Waals surface area contributed by atoms with Gasteiger partial charge >= 0.3 is 12.1 Å². The van der Waals surface area contributed by atoms with E-state index in [9.17, 15) is 27.6 Å². The van der Waals surface area contributed by atoms with Crippen molar-refractivity contribution in [2.24, 2.45) is 0 Å². The van der Waals surface area contributed by atoms with E-state index in [0.29, 0.717) is 34.3 Å². The Morgan fingerprint density at radius 1 is 1.02 bits per heavy atom. The molecule has 0 unspecified atom stereocenters. The molecule has 13 heteroatoms. The first-order chi connectivity index (χ1) is 22.6. The van der Waals surface area contributed by atoms with Crippen LogP contribution in [0.3, 0.4) is 0 Å². The van der Waals surface area contributed by atoms with Crippen LogP contribution in [0, 0.1) is 6.92 Å². The zero-order chi connectivity index (χ0) is 33.7. The molecule has 4 amide bonds. The van der Waals surface area contributed by atoms with E-state index >= 15 is 0 Å². The number of hydrogen-bond donors (Lipinski definition) is 1. The van der Waals surface area contributed by atoms with Crippen molar-refractivity contribution in [2.75, 3.05) is 19.0 Å². The molecule has 0 saturated heterocycles. The van der Waals surface area contributed by atoms with E-state index in [-0.39, 0.29) is 28.7 Å². The summed E-state index contributed by atoms with van der Waals surface area (Å²) in [6.07, 6.45) is 4.56. The number of anilines is 1. The van der Waals surface area contributed by atoms with E-state index < -0.39 is 34.6 Å². The monoisotopic (exact) mass is 660 g/mol. The predicted molar refractivity (Wildman–Crippen MR) is 175 cm³/mol. The fraction of sp³-hybridized carbons (Fsp3) is 0.294. The summed E-state index contributed by atoms with van der Waals surface area (Å²) in [6.45, 7) is 2.88. The van der Waals surface area contributed by atoms with Crippen LogP contribution in [0.15, 0.2) is 77.8 Å². The third kappa shape index (κ3) is 6.99. The van der Waals surface area contributed by atoms with E-state index in [1.165, 1.54) is 36.1 Å². The standard InChI is InChI=1S/C34H36N4O8S/c1-4-36(22-39)34(42)37-20-25(29-19-26(16-17-30(29)37)35-33(41)46-27-12-6-7-13-27)21-38(32(40)24-11-9-14-28(18-24)45-3)47(43,44)31-15-8-5-10-23(31)2/h5,8-11,14-20,22,27H,4,6-7,12-13,21H2,1-3H3,(H,35,41). The van der Waals surface area contributed by atoms with Crippen LogP contribution in [0.1, 0.15) is 54.1 Å². The van der Waals surface area contributed by atoms with E-state index in [0.717, 1.165) is 34.9 Å². The number of aryl methyl sites for hydroxylation is 1. The fourth-order valence-electron chi connectivity index (χ4n) is 5.64. The Morgan fingerprint density at radius 2 is 1.77 bits per heavy atom. The number of rotatable bonds is 10. The Bertz CT molecular complexity index is 1930. The molecule has 246 valence electrons. The molecule has 47 heavy (non-hydrogen) atoms. The minimum atomic E-state index is -4.45. The lowest BCUT2D eigenvalue weighted by Crippen LogP contribution is -2.37. The second-order valence-electron chi connectivity index (χ2n) is 11.2. The molecule has 0 spiro atoms. The molecule has 1 aromatic heterocycles. The molecule has 4 aromatic rings. The average molecular weight is 661 g/mol. The fourth-order valence-corrected chi connectivity index (χ4v) is 7.24. The number of carbonyl (C=O) groups is 4. The minimum Gasteiger partial charge on any atom is -0.497 e. The van der Waals surface area contributed by atoms with Gasteiger partial charge in [-0.05, 0) is 93.1 Å². The normalized spacial score (nSPS) is 13.3. The van der Waals surface area contributed by atoms with Gasteiger partial charge in [-0.1, -0.05) is 24.3 Å². The number of sulfonamides is 1. The first kappa shape index (κ1) is 33.2. The summed E-state index contributed by atoms with van der Waals surface area (Å²) in [5.41, 5.74) is 1.45. The number of fused-ring (bicyclic) bond motifs is 1. The lowest BCUT2D eigenvalue weighted by molar-refractivity contribution is -0.115. The third-order valence-corrected chi connectivity index (χ3v) is 10.0. The summed E-state index contributed by atoms with van der Waals surface area (Å²) in [5.74, 6) is -0.461. The van der Waals surface area contributed by atoms with Crippen molar-refractivity contribution in [1.82, 2.24) is 13.8 Å². The van der Waals surface area contributed by atoms with Crippen molar-refractivity contribution in [1.29, 1.82) is 0 Å². The van der Waals surface area contributed by atoms with Gasteiger partial charge in [-0.15, -0.1) is 0 Å². The minimum absolute atomic E-state index is 0.0637. The molecule has 0 radical (unpaired) electrons. The number of ether oxygens (including phenoxy) is 2. The molecule has 1 aliphatic rings. The van der Waals surface area contributed by atoms with E-state index in [4.69, 9.17) is 9.47 Å². The van der Waals surface area contributed by atoms with Crippen molar-refractivity contribution >= 4 is 51.1 Å². The van der Waals surface area contributed by atoms with Gasteiger partial charge in [0.05, 0.1) is 24.1 Å². The summed E-state index contributed by atoms with van der Waals surface area (Å²) < 4.78 is 41.3. The molecule has 5 rings (SSSR count). The Hall–Kier alpha value is -5.17. The number of imide groups is 1. The third-order valence-electron chi connectivity index (χ3n) is 8.15. The molecule has 0 aliphatic heterocycles. The maximum absolute atomic E-state index is 14.3. The molecule has 1 N–H and O–H groups in total. The maximum atomic E-state index is 14.3. The molecular weight excluding hydrogens is 624 g/mol. The number of hydrogen-bond acceptors (Lipinski definition) is 8. The highest BCUT2D eigenvalue weighted by molar-refractivity contribution is 7.89. The van der Waals surface area contributed by atoms with Crippen LogP contribution in [0.5, 0.6) is 5.75 Å². The van der Waals surface area contributed by atoms with E-state index in [1.54, 1.807) is 62.4 Å². The highest BCUT2D eigenvalue weighted by Crippen LogP contribution is 2.31. The van der Waals surface area contributed by atoms with Crippen molar-refractivity contribution in [3.8, 4) is 5.75 Å². The van der Waals surface area contributed by atoms with Crippen molar-refractivity contribution in [2.45, 2.75) is 57.1 Å². The predicted octanol–water partition coefficient (Wildman–Crippen LogP) is 5.93. The first-order valence-electron chi connectivity index (χ1n) is 15.2. The molecule has 1 aliphatic carbocycles. The lowest BCUT2D eigenvalue weighted by atomic mass is 10.1. The van der Waals surface area contributed by atoms with Gasteiger partial charge in [0.2, 0.25) is 6.41 Å². The Morgan fingerprint density at radius 3 is 2.45 bits per heavy atom. The summed E-state index contributed by atoms with van der Waals surface area (Å²) in [7, 11) is -3.02. The molecule has 1 saturated carbocycles. The zero-order valence-corrected chi connectivity index (χ0v) is 27.2. The average Bonchev–Trinajstić information content (AvgIpc) is 3.71. The van der Waals surface area contributed by atoms with Gasteiger partial charge in [0, 0.05) is 29.4 Å². The second-order valence-corrected chi connectivity index (χ2v) is 13.0. The van der Waals surface area contributed by atoms with Gasteiger partial charge in [-0.25, -0.2) is 22.3 Å². The summed E-state index contributed by atoms with van der Waals surface area (Å²) in [5, 5.41) is 3.09. The van der Waals surface area contributed by atoms with Gasteiger partial charge in [0.15, 0.2) is 0 Å². The zero-order valence-electron chi connectivity index (χ0n) is 26.3. The number of benzene rings is 3. The molecule has 12 nitrogen and oxygen atoms in total. The Kier molecular flexibility index (Phi) is 9.95. The van der Waals surface area contributed by atoms with Gasteiger partial charge in [0.1, 0.15) is 11.9 Å². The smallest absolute Gasteiger partial charge is 0.411 e. The van der Waals surface area contributed by atoms with Crippen LogP contribution >= 0.6 is 0 Å². The molecule has 0 bridgehead atoms. The number of methoxy groups -OCH3 is 1. The van der Waals surface area contributed by atoms with Crippen LogP contribution in [-0.2, 0) is 26.1 Å². The van der Waals surface area contributed by atoms with Crippen molar-refractivity contribution in [3.63, 3.8) is 0 Å². The highest BCUT2D eigenvalue weighted by atomic mass is 32.2. The first-order valence-corrected chi connectivity index (χ1v) is 16.7. The lowest BCUT2D eigenvalue weighted by Gasteiger charge is -2.24. The summed E-state index contributed by atoms with van der Waals surface area (Å²) in [6, 6.07) is 16.5. The van der Waals surface area contributed by atoms with Gasteiger partial charge in [0.25, 0.3) is 15.9 Å². The van der Waals surface area contributed by atoms with Crippen LogP contribution in [0.2, 0.25) is 0 Å². The SMILES string of the molecule is CCN(C=O)C(=O)n1cc(CN(C(=O)c2cccc(OC)c2)S(=O)(=O)c2ccccc2C)c2cc(NC(=O)OC3CCCC3)ccc21. The number of amides is 4. The number of nitrogens with one attached hydrogen (secondary N) is 1. The largest absolute Gasteiger partial charge is 0.497 e. The molecule has 0 atom stereocenters. The van der Waals surface area contributed by atoms with Gasteiger partial charge in [-0.2, -0.15) is 0 Å². The Labute approximate surface area is 272 Å². The van der Waals surface area contributed by atoms with Crippen LogP contribution < -0.4 is 10.1 Å². The van der Waals surface area contributed by atoms with Crippen LogP contribution in [0.25, 0.3) is 10.9 Å². The second kappa shape index (κ2) is 14.1. The van der Waals surface area contributed by atoms with Crippen LogP contribution in [0.4, 0.5) is 15.3 Å². The van der Waals surface area contributed by atoms with Crippen molar-refractivity contribution in [3.05, 3.63) is 89.6 Å². The highest BCUT2D eigenvalue weighted by Gasteiger charge is 2.33. The van der Waals surface area contributed by atoms with Gasteiger partial charge in [-0.3, -0.25) is 24.4 Å². The Balaban J connectivity index is 1.62. The summed E-state index contributed by atoms with van der Waals surface area (Å²) in [4.78, 5) is 52.8. The maximum Gasteiger partial charge on any atom is 0.411 e. The number of carbonyl (C=O) groups excluding carboxylic acids is 4. The van der Waals surface area contributed by atoms with Crippen LogP contribution in [-0.4, -0.2) is 66.4 Å². The van der Waals surface area contributed by atoms with E-state index in [1.807, 2.05) is 0 Å². The summed E-state index contributed by atoms with van der Waals surface area (Å²) >= 11 is 0. The quantitative estimate of drug-likeness (QED) is 0.206. The molecule has 1 fully saturated rings. The molecular formula is C34H36N4O8S. The molecule has 3 aromatic carbocycles. The van der Waals surface area contributed by atoms with Gasteiger partial charge < -0.3 is 9.47 Å². The van der Waals surface area contributed by atoms with Crippen molar-refractivity contribution < 1.29 is 37.1 Å². The number of aromatic nitrogens is 1. The van der Waals surface area contributed by atoms with E-state index in [2.05, 4.69) is 5.32 Å². The molecule has 1 heterocycles.